The Bertz CT molecular complexity index is 1830. The first-order chi connectivity index (χ1) is 35.7. The molecule has 6 aliphatic rings. The zero-order valence-electron chi connectivity index (χ0n) is 52.9. The van der Waals surface area contributed by atoms with Gasteiger partial charge in [-0.05, 0) is 114 Å². The molecule has 6 aliphatic heterocycles. The molecule has 6 saturated heterocycles. The van der Waals surface area contributed by atoms with E-state index in [1.165, 1.54) is 0 Å². The summed E-state index contributed by atoms with van der Waals surface area (Å²) in [5, 5.41) is 0. The van der Waals surface area contributed by atoms with Gasteiger partial charge >= 0.3 is 210 Å². The third-order valence-electron chi connectivity index (χ3n) is 10.5. The number of hydrogen-bond acceptors (Lipinski definition) is 24. The molecule has 0 spiro atoms. The van der Waals surface area contributed by atoms with Crippen LogP contribution in [0.3, 0.4) is 0 Å². The van der Waals surface area contributed by atoms with Crippen molar-refractivity contribution in [2.75, 3.05) is 87.2 Å². The molecule has 0 aromatic carbocycles. The van der Waals surface area contributed by atoms with Crippen molar-refractivity contribution in [1.29, 1.82) is 0 Å². The summed E-state index contributed by atoms with van der Waals surface area (Å²) in [7, 11) is -41.1. The standard InChI is InChI=1S/C16H55O12P7Si10.C7H31O12P7Si7.3Na.3H/c1-33-43(19-38(10,11)12)27-44(34-2)23-39(13-29,17-36(4,5)6)20-41(15-31)21-40(14-30,18-37(7,8)9)24-45(28-43,35-3)26-42(16-32,22-41)25-44;1-23-30(10)16-31(24-2)13-27(8,5-20)11-29(7-22)12-28(9,6-21)14-32(17-30,25-3)19-33(15-29,18-31)26-4;;;;;;/h33-35H,13-16,29-32H2,1-12H3;8-10,23-26H,5-7,20-22H2,1-4H3;;;;;;/q;;3*+1;3*-1. The smallest absolute Gasteiger partial charge is 1.00 e. The number of hydrogen-bond donors (Lipinski definition) is 3. The molecule has 3 N–H and O–H groups in total. The Morgan fingerprint density at radius 2 is 0.617 bits per heavy atom. The van der Waals surface area contributed by atoms with Crippen LogP contribution in [0.1, 0.15) is 4.28 Å². The fraction of sp³-hybridized carbons (Fsp3) is 1.00. The first-order valence-electron chi connectivity index (χ1n) is 24.3. The van der Waals surface area contributed by atoms with E-state index in [4.69, 9.17) is 86.4 Å². The summed E-state index contributed by atoms with van der Waals surface area (Å²) in [4.78, 5) is 34.5. The molecule has 0 amide bonds. The molecule has 6 rings (SSSR count). The van der Waals surface area contributed by atoms with E-state index in [1.807, 2.05) is 33.3 Å². The van der Waals surface area contributed by atoms with Crippen LogP contribution in [-0.2, 0) is 86.4 Å². The van der Waals surface area contributed by atoms with Gasteiger partial charge in [0.1, 0.15) is 0 Å². The molecule has 8 bridgehead atoms. The van der Waals surface area contributed by atoms with Crippen LogP contribution in [0.15, 0.2) is 0 Å². The van der Waals surface area contributed by atoms with Gasteiger partial charge < -0.3 is 105 Å². The van der Waals surface area contributed by atoms with Gasteiger partial charge in [0.25, 0.3) is 0 Å². The summed E-state index contributed by atoms with van der Waals surface area (Å²) in [5.41, 5.74) is 0. The summed E-state index contributed by atoms with van der Waals surface area (Å²) in [6, 6.07) is 0. The van der Waals surface area contributed by atoms with Gasteiger partial charge in [-0.25, -0.2) is 0 Å². The minimum absolute atomic E-state index is 0. The molecule has 0 aromatic heterocycles. The zero-order valence-corrected chi connectivity index (χ0v) is 88.0. The van der Waals surface area contributed by atoms with E-state index in [2.05, 4.69) is 130 Å². The van der Waals surface area contributed by atoms with Crippen LogP contribution < -0.4 is 88.7 Å². The fourth-order valence-corrected chi connectivity index (χ4v) is 147. The molecule has 6 heterocycles. The zero-order chi connectivity index (χ0) is 59.2. The van der Waals surface area contributed by atoms with Gasteiger partial charge in [0.05, 0.1) is 0 Å². The quantitative estimate of drug-likeness (QED) is 0.0762. The molecule has 81 heavy (non-hydrogen) atoms. The van der Waals surface area contributed by atoms with Crippen LogP contribution in [-0.4, -0.2) is 247 Å². The molecule has 0 radical (unpaired) electrons. The molecule has 0 saturated carbocycles. The average molecular weight is 1730 g/mol. The van der Waals surface area contributed by atoms with E-state index in [1.54, 1.807) is 6.66 Å². The van der Waals surface area contributed by atoms with Crippen molar-refractivity contribution in [1.82, 2.24) is 0 Å². The second-order valence-corrected chi connectivity index (χ2v) is 106. The van der Waals surface area contributed by atoms with Crippen LogP contribution in [0.4, 0.5) is 0 Å². The van der Waals surface area contributed by atoms with Gasteiger partial charge in [0.2, 0.25) is 0 Å². The van der Waals surface area contributed by atoms with Crippen LogP contribution >= 0.6 is 122 Å². The van der Waals surface area contributed by atoms with E-state index in [9.17, 15) is 14.4 Å². The Hall–Kier alpha value is 11.7. The fourth-order valence-electron chi connectivity index (χ4n) is 7.61. The first kappa shape index (κ1) is 88.8. The van der Waals surface area contributed by atoms with E-state index < -0.39 is 146 Å². The van der Waals surface area contributed by atoms with Crippen LogP contribution in [0.2, 0.25) is 58.9 Å². The van der Waals surface area contributed by atoms with E-state index in [0.717, 1.165) is 0 Å². The third kappa shape index (κ3) is 22.9. The Kier molecular flexibility index (Phi) is 37.4. The Labute approximate surface area is 599 Å². The van der Waals surface area contributed by atoms with Crippen LogP contribution in [0.25, 0.3) is 0 Å². The van der Waals surface area contributed by atoms with Crippen LogP contribution in [0.5, 0.6) is 0 Å². The van der Waals surface area contributed by atoms with Gasteiger partial charge in [-0.2, -0.15) is 0 Å². The summed E-state index contributed by atoms with van der Waals surface area (Å²) >= 11 is 0. The van der Waals surface area contributed by atoms with Gasteiger partial charge in [0.15, 0.2) is 25.0 Å². The SMILES string of the molecule is CP[Si]1(O)O[Si]2(PC)O[Si](O)(CP)O[Si]3(CP)O[Si](O)(CP)O[Si](PC)(O1)O[Si](PC)(O3)O2.CP[Si]12O[Si](CP)(O[Si](C)(C)C)O[Si]3(CP)O[Si](CP)(O[Si](C)(C)C)O[Si](PC)(O[Si](CP)(O3)O1)O[Si](O[Si](C)(C)C)(PC)O2.[H-].[H-].[H-].[Na+].[Na+].[Na+]. The predicted octanol–water partition coefficient (Wildman–Crippen LogP) is -5.09. The van der Waals surface area contributed by atoms with Crippen molar-refractivity contribution in [2.45, 2.75) is 58.9 Å². The van der Waals surface area contributed by atoms with E-state index >= 15 is 0 Å². The normalized spacial score (nSPS) is 44.8. The summed E-state index contributed by atoms with van der Waals surface area (Å²) < 4.78 is 144. The summed E-state index contributed by atoms with van der Waals surface area (Å²) in [5.74, 6) is 1.71. The largest absolute Gasteiger partial charge is 1.00 e. The molecule has 0 aliphatic carbocycles. The van der Waals surface area contributed by atoms with Gasteiger partial charge in [-0.15, -0.1) is 64.7 Å². The van der Waals surface area contributed by atoms with E-state index in [0.29, 0.717) is 23.1 Å². The second kappa shape index (κ2) is 34.1. The van der Waals surface area contributed by atoms with Gasteiger partial charge in [-0.3, -0.25) is 0 Å². The minimum atomic E-state index is -4.03. The maximum absolute atomic E-state index is 11.5. The topological polar surface area (TPSA) is 255 Å². The predicted molar refractivity (Wildman–Crippen MR) is 385 cm³/mol. The molecular formula is C23H89Na3O24P14Si17. The minimum Gasteiger partial charge on any atom is -1.00 e. The molecule has 466 valence electrons. The first-order valence-corrected chi connectivity index (χ1v) is 83.5. The molecule has 24 nitrogen and oxygen atoms in total. The van der Waals surface area contributed by atoms with Gasteiger partial charge in [0, 0.05) is 40.5 Å². The van der Waals surface area contributed by atoms with Crippen molar-refractivity contribution in [3.63, 3.8) is 0 Å². The molecule has 22 atom stereocenters. The molecule has 0 aromatic rings. The molecule has 22 unspecified atom stereocenters. The average Bonchev–Trinajstić information content (AvgIpc) is 3.31. The van der Waals surface area contributed by atoms with Crippen molar-refractivity contribution in [3.05, 3.63) is 0 Å². The third-order valence-corrected chi connectivity index (χ3v) is 113. The summed E-state index contributed by atoms with van der Waals surface area (Å²) in [6.07, 6.45) is 0. The molecule has 58 heteroatoms. The molecular weight excluding hydrogens is 1640 g/mol. The monoisotopic (exact) mass is 1730 g/mol. The summed E-state index contributed by atoms with van der Waals surface area (Å²) in [6.45, 7) is 32.6. The van der Waals surface area contributed by atoms with Gasteiger partial charge in [-0.1, -0.05) is 48.8 Å². The maximum Gasteiger partial charge on any atom is 1.00 e. The Morgan fingerprint density at radius 1 is 0.321 bits per heavy atom. The van der Waals surface area contributed by atoms with Crippen molar-refractivity contribution in [2.24, 2.45) is 0 Å². The number of rotatable bonds is 20. The maximum atomic E-state index is 11.5. The van der Waals surface area contributed by atoms with Crippen molar-refractivity contribution >= 4 is 267 Å². The van der Waals surface area contributed by atoms with Crippen molar-refractivity contribution < 1.29 is 194 Å². The van der Waals surface area contributed by atoms with Crippen LogP contribution in [0, 0.1) is 0 Å². The van der Waals surface area contributed by atoms with Crippen molar-refractivity contribution in [3.8, 4) is 0 Å². The van der Waals surface area contributed by atoms with E-state index in [-0.39, 0.29) is 167 Å². The number of fused-ring (bicyclic) bond motifs is 6. The second-order valence-electron chi connectivity index (χ2n) is 20.4. The Balaban J connectivity index is 0. The Morgan fingerprint density at radius 3 is 0.877 bits per heavy atom. The molecule has 6 fully saturated rings.